The van der Waals surface area contributed by atoms with Crippen LogP contribution >= 0.6 is 0 Å². The maximum Gasteiger partial charge on any atom is 0.264 e. The van der Waals surface area contributed by atoms with Crippen LogP contribution in [0.1, 0.15) is 5.56 Å². The number of amides is 1. The summed E-state index contributed by atoms with van der Waals surface area (Å²) in [6.07, 6.45) is 0. The number of methoxy groups -OCH3 is 1. The van der Waals surface area contributed by atoms with Gasteiger partial charge < -0.3 is 13.9 Å². The minimum Gasteiger partial charge on any atom is -0.497 e. The summed E-state index contributed by atoms with van der Waals surface area (Å²) >= 11 is 0. The number of ether oxygens (including phenoxy) is 2. The van der Waals surface area contributed by atoms with E-state index in [4.69, 9.17) is 13.9 Å². The molecule has 3 rings (SSSR count). The zero-order chi connectivity index (χ0) is 18.4. The van der Waals surface area contributed by atoms with Crippen LogP contribution in [0, 0.1) is 11.3 Å². The lowest BCUT2D eigenvalue weighted by atomic mass is 10.1. The summed E-state index contributed by atoms with van der Waals surface area (Å²) in [5.74, 6) is 1.46. The van der Waals surface area contributed by atoms with Crippen molar-refractivity contribution < 1.29 is 18.7 Å². The molecule has 0 aliphatic carbocycles. The van der Waals surface area contributed by atoms with Gasteiger partial charge >= 0.3 is 0 Å². The zero-order valence-electron chi connectivity index (χ0n) is 14.1. The van der Waals surface area contributed by atoms with Crippen molar-refractivity contribution in [3.8, 4) is 28.9 Å². The predicted molar refractivity (Wildman–Crippen MR) is 96.0 cm³/mol. The third-order valence-corrected chi connectivity index (χ3v) is 3.59. The van der Waals surface area contributed by atoms with E-state index in [0.717, 1.165) is 5.56 Å². The molecule has 0 spiro atoms. The first-order valence-electron chi connectivity index (χ1n) is 7.85. The molecule has 0 aliphatic rings. The van der Waals surface area contributed by atoms with Crippen molar-refractivity contribution in [2.75, 3.05) is 19.0 Å². The molecule has 0 fully saturated rings. The molecule has 6 nitrogen and oxygen atoms in total. The lowest BCUT2D eigenvalue weighted by molar-refractivity contribution is -0.118. The van der Waals surface area contributed by atoms with Crippen molar-refractivity contribution in [3.63, 3.8) is 0 Å². The summed E-state index contributed by atoms with van der Waals surface area (Å²) in [4.78, 5) is 12.1. The van der Waals surface area contributed by atoms with Crippen LogP contribution in [0.3, 0.4) is 0 Å². The van der Waals surface area contributed by atoms with Gasteiger partial charge in [-0.25, -0.2) is 0 Å². The lowest BCUT2D eigenvalue weighted by Gasteiger charge is -2.06. The minimum absolute atomic E-state index is 0.0972. The summed E-state index contributed by atoms with van der Waals surface area (Å²) in [6.45, 7) is -0.187. The average molecular weight is 348 g/mol. The van der Waals surface area contributed by atoms with E-state index in [1.54, 1.807) is 37.4 Å². The van der Waals surface area contributed by atoms with E-state index in [9.17, 15) is 10.1 Å². The van der Waals surface area contributed by atoms with Crippen molar-refractivity contribution in [1.82, 2.24) is 0 Å². The van der Waals surface area contributed by atoms with E-state index < -0.39 is 5.91 Å². The van der Waals surface area contributed by atoms with Crippen molar-refractivity contribution in [2.45, 2.75) is 0 Å². The number of nitrogens with zero attached hydrogens (tertiary/aromatic N) is 1. The van der Waals surface area contributed by atoms with Crippen molar-refractivity contribution in [3.05, 3.63) is 66.2 Å². The molecule has 2 aromatic carbocycles. The van der Waals surface area contributed by atoms with E-state index in [1.165, 1.54) is 0 Å². The molecule has 0 bridgehead atoms. The summed E-state index contributed by atoms with van der Waals surface area (Å²) in [7, 11) is 1.58. The SMILES string of the molecule is COc1ccc(-c2cc(C#N)c(NC(=O)COc3ccccc3)o2)cc1. The van der Waals surface area contributed by atoms with Crippen LogP contribution in [0.4, 0.5) is 5.88 Å². The second-order valence-corrected chi connectivity index (χ2v) is 5.34. The van der Waals surface area contributed by atoms with Crippen LogP contribution in [0.5, 0.6) is 11.5 Å². The smallest absolute Gasteiger partial charge is 0.264 e. The predicted octanol–water partition coefficient (Wildman–Crippen LogP) is 3.84. The summed E-state index contributed by atoms with van der Waals surface area (Å²) < 4.78 is 16.1. The molecule has 0 atom stereocenters. The monoisotopic (exact) mass is 348 g/mol. The third-order valence-electron chi connectivity index (χ3n) is 3.59. The standard InChI is InChI=1S/C20H16N2O4/c1-24-16-9-7-14(8-10-16)18-11-15(12-21)20(26-18)22-19(23)13-25-17-5-3-2-4-6-17/h2-11H,13H2,1H3,(H,22,23). The van der Waals surface area contributed by atoms with Gasteiger partial charge in [-0.15, -0.1) is 0 Å². The van der Waals surface area contributed by atoms with Gasteiger partial charge in [0.05, 0.1) is 7.11 Å². The Morgan fingerprint density at radius 3 is 2.50 bits per heavy atom. The Kier molecular flexibility index (Phi) is 5.20. The first kappa shape index (κ1) is 17.1. The van der Waals surface area contributed by atoms with E-state index >= 15 is 0 Å². The highest BCUT2D eigenvalue weighted by Crippen LogP contribution is 2.30. The molecule has 26 heavy (non-hydrogen) atoms. The first-order chi connectivity index (χ1) is 12.7. The number of hydrogen-bond donors (Lipinski definition) is 1. The molecule has 1 N–H and O–H groups in total. The Hall–Kier alpha value is -3.72. The van der Waals surface area contributed by atoms with Gasteiger partial charge in [0.2, 0.25) is 5.88 Å². The lowest BCUT2D eigenvalue weighted by Crippen LogP contribution is -2.20. The maximum absolute atomic E-state index is 12.1. The van der Waals surface area contributed by atoms with Gasteiger partial charge in [0, 0.05) is 11.6 Å². The number of anilines is 1. The van der Waals surface area contributed by atoms with Gasteiger partial charge in [-0.05, 0) is 36.4 Å². The molecule has 0 unspecified atom stereocenters. The van der Waals surface area contributed by atoms with E-state index in [2.05, 4.69) is 5.32 Å². The van der Waals surface area contributed by atoms with Crippen molar-refractivity contribution in [1.29, 1.82) is 5.26 Å². The fourth-order valence-corrected chi connectivity index (χ4v) is 2.29. The molecule has 6 heteroatoms. The number of hydrogen-bond acceptors (Lipinski definition) is 5. The number of para-hydroxylation sites is 1. The van der Waals surface area contributed by atoms with Crippen LogP contribution in [0.2, 0.25) is 0 Å². The number of carbonyl (C=O) groups is 1. The van der Waals surface area contributed by atoms with Crippen LogP contribution in [-0.4, -0.2) is 19.6 Å². The first-order valence-corrected chi connectivity index (χ1v) is 7.85. The molecular weight excluding hydrogens is 332 g/mol. The molecule has 0 saturated carbocycles. The highest BCUT2D eigenvalue weighted by molar-refractivity contribution is 5.92. The summed E-state index contributed by atoms with van der Waals surface area (Å²) in [5, 5.41) is 11.8. The quantitative estimate of drug-likeness (QED) is 0.731. The van der Waals surface area contributed by atoms with Gasteiger partial charge in [-0.1, -0.05) is 18.2 Å². The molecule has 1 amide bonds. The van der Waals surface area contributed by atoms with Crippen molar-refractivity contribution in [2.24, 2.45) is 0 Å². The van der Waals surface area contributed by atoms with Crippen LogP contribution in [-0.2, 0) is 4.79 Å². The van der Waals surface area contributed by atoms with Crippen LogP contribution in [0.15, 0.2) is 65.1 Å². The van der Waals surface area contributed by atoms with E-state index in [1.807, 2.05) is 36.4 Å². The van der Waals surface area contributed by atoms with Gasteiger partial charge in [-0.2, -0.15) is 5.26 Å². The normalized spacial score (nSPS) is 10.0. The van der Waals surface area contributed by atoms with Crippen molar-refractivity contribution >= 4 is 11.8 Å². The van der Waals surface area contributed by atoms with E-state index in [-0.39, 0.29) is 18.1 Å². The molecular formula is C20H16N2O4. The van der Waals surface area contributed by atoms with Gasteiger partial charge in [-0.3, -0.25) is 10.1 Å². The zero-order valence-corrected chi connectivity index (χ0v) is 14.1. The molecule has 3 aromatic rings. The Morgan fingerprint density at radius 1 is 1.12 bits per heavy atom. The Labute approximate surface area is 150 Å². The largest absolute Gasteiger partial charge is 0.497 e. The number of nitriles is 1. The second-order valence-electron chi connectivity index (χ2n) is 5.34. The maximum atomic E-state index is 12.1. The van der Waals surface area contributed by atoms with Gasteiger partial charge in [0.25, 0.3) is 5.91 Å². The highest BCUT2D eigenvalue weighted by atomic mass is 16.5. The molecule has 130 valence electrons. The second kappa shape index (κ2) is 7.90. The fraction of sp³-hybridized carbons (Fsp3) is 0.100. The fourth-order valence-electron chi connectivity index (χ4n) is 2.29. The van der Waals surface area contributed by atoms with Crippen LogP contribution in [0.25, 0.3) is 11.3 Å². The Balaban J connectivity index is 1.70. The molecule has 1 heterocycles. The Bertz CT molecular complexity index is 925. The Morgan fingerprint density at radius 2 is 1.85 bits per heavy atom. The molecule has 1 aromatic heterocycles. The molecule has 0 aliphatic heterocycles. The number of carbonyl (C=O) groups excluding carboxylic acids is 1. The minimum atomic E-state index is -0.416. The number of furan rings is 1. The number of rotatable bonds is 6. The molecule has 0 radical (unpaired) electrons. The van der Waals surface area contributed by atoms with Gasteiger partial charge in [0.1, 0.15) is 28.9 Å². The van der Waals surface area contributed by atoms with E-state index in [0.29, 0.717) is 17.3 Å². The highest BCUT2D eigenvalue weighted by Gasteiger charge is 2.15. The average Bonchev–Trinajstić information content (AvgIpc) is 3.10. The third kappa shape index (κ3) is 4.02. The topological polar surface area (TPSA) is 84.5 Å². The van der Waals surface area contributed by atoms with Crippen LogP contribution < -0.4 is 14.8 Å². The van der Waals surface area contributed by atoms with Gasteiger partial charge in [0.15, 0.2) is 6.61 Å². The summed E-state index contributed by atoms with van der Waals surface area (Å²) in [6, 6.07) is 19.8. The number of nitrogens with one attached hydrogen (secondary N) is 1. The summed E-state index contributed by atoms with van der Waals surface area (Å²) in [5.41, 5.74) is 1.01. The molecule has 0 saturated heterocycles. The number of benzene rings is 2.